The molecule has 3 heterocycles. The number of carboxylic acid groups (broad SMARTS) is 1. The first-order valence-corrected chi connectivity index (χ1v) is 13.5. The van der Waals surface area contributed by atoms with Gasteiger partial charge in [0.25, 0.3) is 0 Å². The van der Waals surface area contributed by atoms with Gasteiger partial charge < -0.3 is 52.5 Å². The number of ketones is 1. The largest absolute Gasteiger partial charge is 0.479 e. The number of esters is 2. The summed E-state index contributed by atoms with van der Waals surface area (Å²) in [5.41, 5.74) is 0.864. The van der Waals surface area contributed by atoms with Crippen molar-refractivity contribution in [1.82, 2.24) is 0 Å². The van der Waals surface area contributed by atoms with Crippen molar-refractivity contribution in [3.05, 3.63) is 35.9 Å². The molecule has 14 heteroatoms. The summed E-state index contributed by atoms with van der Waals surface area (Å²) < 4.78 is 52.1. The van der Waals surface area contributed by atoms with Crippen molar-refractivity contribution >= 4 is 23.7 Å². The van der Waals surface area contributed by atoms with E-state index in [-0.39, 0.29) is 31.8 Å². The van der Waals surface area contributed by atoms with Crippen molar-refractivity contribution in [3.63, 3.8) is 0 Å². The Labute approximate surface area is 242 Å². The van der Waals surface area contributed by atoms with Crippen LogP contribution in [0.25, 0.3) is 0 Å². The highest BCUT2D eigenvalue weighted by Gasteiger charge is 2.58. The second-order valence-electron chi connectivity index (χ2n) is 10.1. The fraction of sp³-hybridized carbons (Fsp3) is 0.643. The SMILES string of the molecule is CO[C@@H]1[C@@H](OC)[C@H](O[C@H]2[C@H](OC(C)=O)[C@@H](OCc3ccccc3)[C@@H]3OC[C@H]2O3)O[C@H](C(=O)O)[C@H]1OC(=O)CCC(C)=O. The number of ether oxygens (including phenoxy) is 9. The lowest BCUT2D eigenvalue weighted by Gasteiger charge is -2.46. The van der Waals surface area contributed by atoms with Gasteiger partial charge in [0.05, 0.1) is 19.6 Å². The van der Waals surface area contributed by atoms with Crippen molar-refractivity contribution < 1.29 is 66.9 Å². The van der Waals surface area contributed by atoms with Crippen molar-refractivity contribution in [2.75, 3.05) is 20.8 Å². The molecule has 0 radical (unpaired) electrons. The van der Waals surface area contributed by atoms with Crippen molar-refractivity contribution in [3.8, 4) is 0 Å². The Morgan fingerprint density at radius 2 is 1.57 bits per heavy atom. The standard InChI is InChI=1S/C28H36O14/c1-14(29)10-11-18(31)40-22-20(34-3)24(35-4)28(42-23(22)26(32)33)41-19-17-13-37-27(39-17)25(21(19)38-15(2)30)36-12-16-8-6-5-7-9-16/h5-9,17,19-25,27-28H,10-13H2,1-4H3,(H,32,33)/t17-,19-,20+,21+,22+,23+,24-,25-,27-,28-/m1/s1. The molecule has 4 rings (SSSR count). The molecular formula is C28H36O14. The fourth-order valence-corrected chi connectivity index (χ4v) is 5.18. The molecule has 10 atom stereocenters. The zero-order valence-corrected chi connectivity index (χ0v) is 23.7. The third-order valence-electron chi connectivity index (χ3n) is 7.13. The van der Waals surface area contributed by atoms with E-state index in [1.165, 1.54) is 28.1 Å². The predicted octanol–water partition coefficient (Wildman–Crippen LogP) is 0.764. The minimum Gasteiger partial charge on any atom is -0.479 e. The van der Waals surface area contributed by atoms with E-state index in [4.69, 9.17) is 42.6 Å². The van der Waals surface area contributed by atoms with Crippen LogP contribution >= 0.6 is 0 Å². The Kier molecular flexibility index (Phi) is 11.0. The molecule has 232 valence electrons. The third kappa shape index (κ3) is 7.50. The summed E-state index contributed by atoms with van der Waals surface area (Å²) in [7, 11) is 2.62. The lowest BCUT2D eigenvalue weighted by Crippen LogP contribution is -2.65. The molecule has 0 saturated carbocycles. The first-order valence-electron chi connectivity index (χ1n) is 13.5. The second kappa shape index (κ2) is 14.5. The highest BCUT2D eigenvalue weighted by molar-refractivity contribution is 5.81. The molecule has 42 heavy (non-hydrogen) atoms. The molecule has 2 bridgehead atoms. The lowest BCUT2D eigenvalue weighted by molar-refractivity contribution is -0.340. The van der Waals surface area contributed by atoms with Crippen LogP contribution in [0.2, 0.25) is 0 Å². The third-order valence-corrected chi connectivity index (χ3v) is 7.13. The minimum atomic E-state index is -1.72. The Balaban J connectivity index is 1.56. The molecule has 14 nitrogen and oxygen atoms in total. The van der Waals surface area contributed by atoms with E-state index in [1.807, 2.05) is 30.3 Å². The van der Waals surface area contributed by atoms with Gasteiger partial charge in [-0.1, -0.05) is 30.3 Å². The van der Waals surface area contributed by atoms with Crippen molar-refractivity contribution in [1.29, 1.82) is 0 Å². The van der Waals surface area contributed by atoms with Gasteiger partial charge in [-0.25, -0.2) is 4.79 Å². The van der Waals surface area contributed by atoms with Gasteiger partial charge in [-0.15, -0.1) is 0 Å². The molecule has 0 aromatic heterocycles. The number of aliphatic carboxylic acids is 1. The predicted molar refractivity (Wildman–Crippen MR) is 138 cm³/mol. The number of Topliss-reactive ketones (excluding diaryl/α,β-unsaturated/α-hetero) is 1. The Hall–Kier alpha value is -2.98. The van der Waals surface area contributed by atoms with Gasteiger partial charge in [0, 0.05) is 27.6 Å². The normalized spacial score (nSPS) is 34.0. The van der Waals surface area contributed by atoms with Crippen LogP contribution in [0.4, 0.5) is 0 Å². The molecule has 3 saturated heterocycles. The van der Waals surface area contributed by atoms with Crippen LogP contribution in [0.5, 0.6) is 0 Å². The van der Waals surface area contributed by atoms with E-state index in [0.717, 1.165) is 5.56 Å². The molecule has 1 aromatic rings. The summed E-state index contributed by atoms with van der Waals surface area (Å²) in [5, 5.41) is 9.98. The molecule has 3 aliphatic heterocycles. The zero-order valence-electron chi connectivity index (χ0n) is 23.7. The Morgan fingerprint density at radius 1 is 0.857 bits per heavy atom. The fourth-order valence-electron chi connectivity index (χ4n) is 5.18. The second-order valence-corrected chi connectivity index (χ2v) is 10.1. The van der Waals surface area contributed by atoms with Gasteiger partial charge in [0.15, 0.2) is 30.9 Å². The summed E-state index contributed by atoms with van der Waals surface area (Å²) in [6.07, 6.45) is -11.6. The number of carbonyl (C=O) groups is 4. The number of carboxylic acids is 1. The first kappa shape index (κ1) is 31.9. The highest BCUT2D eigenvalue weighted by atomic mass is 16.8. The van der Waals surface area contributed by atoms with E-state index < -0.39 is 79.3 Å². The van der Waals surface area contributed by atoms with Gasteiger partial charge in [0.1, 0.15) is 36.3 Å². The average molecular weight is 597 g/mol. The Bertz CT molecular complexity index is 1100. The molecule has 0 aliphatic carbocycles. The summed E-state index contributed by atoms with van der Waals surface area (Å²) in [6.45, 7) is 2.80. The van der Waals surface area contributed by atoms with Crippen LogP contribution in [-0.4, -0.2) is 111 Å². The number of benzene rings is 1. The number of carbonyl (C=O) groups excluding carboxylic acids is 3. The number of fused-ring (bicyclic) bond motifs is 2. The van der Waals surface area contributed by atoms with E-state index in [0.29, 0.717) is 0 Å². The summed E-state index contributed by atoms with van der Waals surface area (Å²) in [6, 6.07) is 9.33. The van der Waals surface area contributed by atoms with E-state index >= 15 is 0 Å². The summed E-state index contributed by atoms with van der Waals surface area (Å²) >= 11 is 0. The van der Waals surface area contributed by atoms with Crippen LogP contribution in [0.15, 0.2) is 30.3 Å². The number of rotatable bonds is 13. The van der Waals surface area contributed by atoms with E-state index in [9.17, 15) is 24.3 Å². The summed E-state index contributed by atoms with van der Waals surface area (Å²) in [4.78, 5) is 48.2. The smallest absolute Gasteiger partial charge is 0.336 e. The summed E-state index contributed by atoms with van der Waals surface area (Å²) in [5.74, 6) is -3.08. The van der Waals surface area contributed by atoms with Gasteiger partial charge >= 0.3 is 17.9 Å². The van der Waals surface area contributed by atoms with Crippen LogP contribution < -0.4 is 0 Å². The molecule has 1 N–H and O–H groups in total. The number of methoxy groups -OCH3 is 2. The van der Waals surface area contributed by atoms with Crippen LogP contribution in [0.1, 0.15) is 32.3 Å². The van der Waals surface area contributed by atoms with Crippen molar-refractivity contribution in [2.24, 2.45) is 0 Å². The minimum absolute atomic E-state index is 0.0710. The van der Waals surface area contributed by atoms with E-state index in [2.05, 4.69) is 0 Å². The molecule has 0 amide bonds. The van der Waals surface area contributed by atoms with Crippen LogP contribution in [0.3, 0.4) is 0 Å². The zero-order chi connectivity index (χ0) is 30.4. The van der Waals surface area contributed by atoms with Gasteiger partial charge in [0.2, 0.25) is 0 Å². The lowest BCUT2D eigenvalue weighted by atomic mass is 9.96. The molecule has 0 unspecified atom stereocenters. The van der Waals surface area contributed by atoms with Crippen LogP contribution in [0, 0.1) is 0 Å². The monoisotopic (exact) mass is 596 g/mol. The molecule has 0 spiro atoms. The molecular weight excluding hydrogens is 560 g/mol. The van der Waals surface area contributed by atoms with Gasteiger partial charge in [-0.3, -0.25) is 9.59 Å². The number of hydrogen-bond donors (Lipinski definition) is 1. The molecule has 1 aromatic carbocycles. The maximum Gasteiger partial charge on any atom is 0.336 e. The first-order chi connectivity index (χ1) is 20.1. The van der Waals surface area contributed by atoms with Gasteiger partial charge in [-0.05, 0) is 12.5 Å². The van der Waals surface area contributed by atoms with Gasteiger partial charge in [-0.2, -0.15) is 0 Å². The van der Waals surface area contributed by atoms with Crippen LogP contribution in [-0.2, 0) is 68.4 Å². The van der Waals surface area contributed by atoms with E-state index in [1.54, 1.807) is 0 Å². The maximum absolute atomic E-state index is 12.4. The molecule has 3 aliphatic rings. The quantitative estimate of drug-likeness (QED) is 0.316. The molecule has 3 fully saturated rings. The topological polar surface area (TPSA) is 172 Å². The number of hydrogen-bond acceptors (Lipinski definition) is 13. The Morgan fingerprint density at radius 3 is 2.19 bits per heavy atom. The maximum atomic E-state index is 12.4. The average Bonchev–Trinajstić information content (AvgIpc) is 3.39. The van der Waals surface area contributed by atoms with Crippen molar-refractivity contribution in [2.45, 2.75) is 94.7 Å². The highest BCUT2D eigenvalue weighted by Crippen LogP contribution is 2.37.